The Morgan fingerprint density at radius 2 is 2.15 bits per heavy atom. The van der Waals surface area contributed by atoms with Gasteiger partial charge in [0, 0.05) is 11.0 Å². The van der Waals surface area contributed by atoms with E-state index in [1.165, 1.54) is 12.1 Å². The molecule has 0 atom stereocenters. The highest BCUT2D eigenvalue weighted by Gasteiger charge is 2.19. The number of benzene rings is 1. The van der Waals surface area contributed by atoms with E-state index in [1.54, 1.807) is 6.07 Å². The molecular weight excluding hydrogens is 323 g/mol. The lowest BCUT2D eigenvalue weighted by Gasteiger charge is -2.31. The van der Waals surface area contributed by atoms with E-state index < -0.39 is 5.82 Å². The minimum Gasteiger partial charge on any atom is -0.352 e. The fourth-order valence-electron chi connectivity index (χ4n) is 2.51. The van der Waals surface area contributed by atoms with Crippen LogP contribution < -0.4 is 5.32 Å². The summed E-state index contributed by atoms with van der Waals surface area (Å²) < 4.78 is 14.3. The van der Waals surface area contributed by atoms with Crippen LogP contribution in [0.2, 0.25) is 0 Å². The van der Waals surface area contributed by atoms with E-state index >= 15 is 0 Å². The largest absolute Gasteiger partial charge is 0.352 e. The number of rotatable bonds is 4. The van der Waals surface area contributed by atoms with Crippen LogP contribution in [0.5, 0.6) is 0 Å². The maximum absolute atomic E-state index is 13.7. The molecule has 3 nitrogen and oxygen atoms in total. The Morgan fingerprint density at radius 1 is 1.45 bits per heavy atom. The SMILES string of the molecule is CCN1CCC(CNC(=O)c2ccc(Br)cc2F)CC1. The van der Waals surface area contributed by atoms with Crippen LogP contribution in [0.15, 0.2) is 22.7 Å². The predicted octanol–water partition coefficient (Wildman–Crippen LogP) is 3.05. The molecule has 1 aliphatic rings. The highest BCUT2D eigenvalue weighted by molar-refractivity contribution is 9.10. The van der Waals surface area contributed by atoms with Gasteiger partial charge in [-0.15, -0.1) is 0 Å². The molecule has 1 aromatic carbocycles. The van der Waals surface area contributed by atoms with Crippen LogP contribution in [-0.4, -0.2) is 37.0 Å². The van der Waals surface area contributed by atoms with Gasteiger partial charge in [-0.1, -0.05) is 22.9 Å². The topological polar surface area (TPSA) is 32.3 Å². The van der Waals surface area contributed by atoms with Crippen LogP contribution in [-0.2, 0) is 0 Å². The standard InChI is InChI=1S/C15H20BrFN2O/c1-2-19-7-5-11(6-8-19)10-18-15(20)13-4-3-12(16)9-14(13)17/h3-4,9,11H,2,5-8,10H2,1H3,(H,18,20). The van der Waals surface area contributed by atoms with Gasteiger partial charge in [-0.25, -0.2) is 4.39 Å². The van der Waals surface area contributed by atoms with E-state index in [0.29, 0.717) is 16.9 Å². The van der Waals surface area contributed by atoms with E-state index in [0.717, 1.165) is 32.5 Å². The first kappa shape index (κ1) is 15.4. The van der Waals surface area contributed by atoms with E-state index in [4.69, 9.17) is 0 Å². The second-order valence-corrected chi connectivity index (χ2v) is 6.13. The van der Waals surface area contributed by atoms with Gasteiger partial charge in [-0.3, -0.25) is 4.79 Å². The third-order valence-corrected chi connectivity index (χ3v) is 4.37. The van der Waals surface area contributed by atoms with Gasteiger partial charge in [0.05, 0.1) is 5.56 Å². The lowest BCUT2D eigenvalue weighted by atomic mass is 9.96. The average Bonchev–Trinajstić information content (AvgIpc) is 2.45. The molecule has 0 radical (unpaired) electrons. The summed E-state index contributed by atoms with van der Waals surface area (Å²) in [7, 11) is 0. The smallest absolute Gasteiger partial charge is 0.254 e. The number of hydrogen-bond donors (Lipinski definition) is 1. The molecule has 5 heteroatoms. The van der Waals surface area contributed by atoms with Crippen molar-refractivity contribution in [3.63, 3.8) is 0 Å². The molecule has 110 valence electrons. The Bertz CT molecular complexity index is 473. The van der Waals surface area contributed by atoms with E-state index in [2.05, 4.69) is 33.1 Å². The lowest BCUT2D eigenvalue weighted by Crippen LogP contribution is -2.38. The molecule has 20 heavy (non-hydrogen) atoms. The maximum atomic E-state index is 13.7. The van der Waals surface area contributed by atoms with Crippen molar-refractivity contribution >= 4 is 21.8 Å². The fraction of sp³-hybridized carbons (Fsp3) is 0.533. The van der Waals surface area contributed by atoms with Crippen LogP contribution >= 0.6 is 15.9 Å². The molecule has 0 unspecified atom stereocenters. The Kier molecular flexibility index (Phi) is 5.54. The van der Waals surface area contributed by atoms with Crippen molar-refractivity contribution in [3.05, 3.63) is 34.1 Å². The summed E-state index contributed by atoms with van der Waals surface area (Å²) in [5.41, 5.74) is 0.110. The molecule has 0 bridgehead atoms. The summed E-state index contributed by atoms with van der Waals surface area (Å²) in [6, 6.07) is 4.50. The number of carbonyl (C=O) groups is 1. The minimum atomic E-state index is -0.488. The highest BCUT2D eigenvalue weighted by atomic mass is 79.9. The van der Waals surface area contributed by atoms with Crippen LogP contribution in [0.3, 0.4) is 0 Å². The lowest BCUT2D eigenvalue weighted by molar-refractivity contribution is 0.0933. The van der Waals surface area contributed by atoms with E-state index in [-0.39, 0.29) is 11.5 Å². The number of piperidine rings is 1. The van der Waals surface area contributed by atoms with Gasteiger partial charge in [-0.05, 0) is 56.6 Å². The van der Waals surface area contributed by atoms with Crippen molar-refractivity contribution < 1.29 is 9.18 Å². The van der Waals surface area contributed by atoms with Gasteiger partial charge < -0.3 is 10.2 Å². The first-order valence-corrected chi connectivity index (χ1v) is 7.85. The number of carbonyl (C=O) groups excluding carboxylic acids is 1. The number of nitrogens with one attached hydrogen (secondary N) is 1. The number of halogens is 2. The van der Waals surface area contributed by atoms with Crippen LogP contribution in [0.25, 0.3) is 0 Å². The van der Waals surface area contributed by atoms with Crippen molar-refractivity contribution in [1.82, 2.24) is 10.2 Å². The molecule has 1 N–H and O–H groups in total. The molecule has 0 saturated carbocycles. The zero-order valence-corrected chi connectivity index (χ0v) is 13.2. The molecule has 1 heterocycles. The molecule has 1 amide bonds. The predicted molar refractivity (Wildman–Crippen MR) is 81.3 cm³/mol. The summed E-state index contributed by atoms with van der Waals surface area (Å²) in [5.74, 6) is -0.314. The van der Waals surface area contributed by atoms with Gasteiger partial charge in [-0.2, -0.15) is 0 Å². The Labute approximate surface area is 127 Å². The van der Waals surface area contributed by atoms with Gasteiger partial charge in [0.15, 0.2) is 0 Å². The van der Waals surface area contributed by atoms with E-state index in [1.807, 2.05) is 0 Å². The molecule has 1 aromatic rings. The molecule has 0 spiro atoms. The molecule has 1 fully saturated rings. The molecular formula is C15H20BrFN2O. The van der Waals surface area contributed by atoms with Crippen LogP contribution in [0.1, 0.15) is 30.1 Å². The van der Waals surface area contributed by atoms with Gasteiger partial charge in [0.2, 0.25) is 0 Å². The Balaban J connectivity index is 1.83. The van der Waals surface area contributed by atoms with Crippen LogP contribution in [0, 0.1) is 11.7 Å². The second kappa shape index (κ2) is 7.18. The summed E-state index contributed by atoms with van der Waals surface area (Å²) in [5, 5.41) is 2.85. The van der Waals surface area contributed by atoms with Crippen molar-refractivity contribution in [3.8, 4) is 0 Å². The van der Waals surface area contributed by atoms with Gasteiger partial charge >= 0.3 is 0 Å². The summed E-state index contributed by atoms with van der Waals surface area (Å²) in [6.45, 7) is 6.06. The number of likely N-dealkylation sites (tertiary alicyclic amines) is 1. The summed E-state index contributed by atoms with van der Waals surface area (Å²) in [6.07, 6.45) is 2.19. The summed E-state index contributed by atoms with van der Waals surface area (Å²) >= 11 is 3.18. The van der Waals surface area contributed by atoms with Crippen LogP contribution in [0.4, 0.5) is 4.39 Å². The molecule has 1 saturated heterocycles. The van der Waals surface area contributed by atoms with Gasteiger partial charge in [0.25, 0.3) is 5.91 Å². The first-order valence-electron chi connectivity index (χ1n) is 7.05. The summed E-state index contributed by atoms with van der Waals surface area (Å²) in [4.78, 5) is 14.4. The zero-order chi connectivity index (χ0) is 14.5. The number of nitrogens with zero attached hydrogens (tertiary/aromatic N) is 1. The normalized spacial score (nSPS) is 17.1. The third-order valence-electron chi connectivity index (χ3n) is 3.88. The molecule has 0 aliphatic carbocycles. The Hall–Kier alpha value is -0.940. The monoisotopic (exact) mass is 342 g/mol. The minimum absolute atomic E-state index is 0.110. The van der Waals surface area contributed by atoms with Crippen molar-refractivity contribution in [2.45, 2.75) is 19.8 Å². The quantitative estimate of drug-likeness (QED) is 0.911. The average molecular weight is 343 g/mol. The maximum Gasteiger partial charge on any atom is 0.254 e. The highest BCUT2D eigenvalue weighted by Crippen LogP contribution is 2.17. The van der Waals surface area contributed by atoms with Crippen molar-refractivity contribution in [2.75, 3.05) is 26.2 Å². The van der Waals surface area contributed by atoms with E-state index in [9.17, 15) is 9.18 Å². The first-order chi connectivity index (χ1) is 9.60. The molecule has 2 rings (SSSR count). The molecule has 1 aliphatic heterocycles. The van der Waals surface area contributed by atoms with Crippen molar-refractivity contribution in [2.24, 2.45) is 5.92 Å². The zero-order valence-electron chi connectivity index (χ0n) is 11.7. The van der Waals surface area contributed by atoms with Crippen molar-refractivity contribution in [1.29, 1.82) is 0 Å². The Morgan fingerprint density at radius 3 is 2.75 bits per heavy atom. The third kappa shape index (κ3) is 4.03. The van der Waals surface area contributed by atoms with Gasteiger partial charge in [0.1, 0.15) is 5.82 Å². The second-order valence-electron chi connectivity index (χ2n) is 5.21. The molecule has 0 aromatic heterocycles. The number of amides is 1. The number of hydrogen-bond acceptors (Lipinski definition) is 2. The fourth-order valence-corrected chi connectivity index (χ4v) is 2.85.